The van der Waals surface area contributed by atoms with E-state index in [4.69, 9.17) is 0 Å². The van der Waals surface area contributed by atoms with Crippen molar-refractivity contribution in [2.45, 2.75) is 19.3 Å². The van der Waals surface area contributed by atoms with Crippen molar-refractivity contribution < 1.29 is 13.2 Å². The van der Waals surface area contributed by atoms with E-state index in [0.29, 0.717) is 19.0 Å². The minimum atomic E-state index is -4.32. The van der Waals surface area contributed by atoms with Crippen LogP contribution >= 0.6 is 24.0 Å². The summed E-state index contributed by atoms with van der Waals surface area (Å²) in [6.45, 7) is 4.78. The summed E-state index contributed by atoms with van der Waals surface area (Å²) in [5.41, 5.74) is 1.16. The summed E-state index contributed by atoms with van der Waals surface area (Å²) in [6, 6.07) is 9.06. The molecule has 1 fully saturated rings. The Balaban J connectivity index is 0.00000341. The number of hydrogen-bond acceptors (Lipinski definition) is 4. The van der Waals surface area contributed by atoms with Crippen LogP contribution in [0.15, 0.2) is 47.6 Å². The number of halogens is 4. The quantitative estimate of drug-likeness (QED) is 0.341. The summed E-state index contributed by atoms with van der Waals surface area (Å²) in [5, 5.41) is 6.40. The average molecular weight is 548 g/mol. The molecule has 170 valence electrons. The molecule has 0 saturated carbocycles. The molecule has 0 unspecified atom stereocenters. The van der Waals surface area contributed by atoms with Gasteiger partial charge < -0.3 is 20.4 Å². The summed E-state index contributed by atoms with van der Waals surface area (Å²) in [6.07, 6.45) is -2.52. The third kappa shape index (κ3) is 7.23. The Morgan fingerprint density at radius 1 is 1.03 bits per heavy atom. The lowest BCUT2D eigenvalue weighted by molar-refractivity contribution is -0.137. The maximum Gasteiger partial charge on any atom is 0.416 e. The van der Waals surface area contributed by atoms with E-state index in [1.807, 2.05) is 12.1 Å². The molecule has 6 nitrogen and oxygen atoms in total. The van der Waals surface area contributed by atoms with Crippen LogP contribution in [0.5, 0.6) is 0 Å². The van der Waals surface area contributed by atoms with Crippen molar-refractivity contribution in [3.8, 4) is 0 Å². The molecule has 0 radical (unpaired) electrons. The highest BCUT2D eigenvalue weighted by Crippen LogP contribution is 2.29. The Morgan fingerprint density at radius 2 is 1.68 bits per heavy atom. The van der Waals surface area contributed by atoms with Crippen molar-refractivity contribution in [2.24, 2.45) is 4.99 Å². The first-order valence-corrected chi connectivity index (χ1v) is 9.85. The first kappa shape index (κ1) is 25.2. The number of nitrogens with one attached hydrogen (secondary N) is 2. The molecule has 1 aliphatic rings. The van der Waals surface area contributed by atoms with Gasteiger partial charge >= 0.3 is 6.18 Å². The number of piperazine rings is 1. The molecule has 0 bridgehead atoms. The van der Waals surface area contributed by atoms with E-state index < -0.39 is 11.7 Å². The number of anilines is 1. The highest BCUT2D eigenvalue weighted by atomic mass is 127. The maximum atomic E-state index is 12.7. The second-order valence-corrected chi connectivity index (χ2v) is 7.25. The van der Waals surface area contributed by atoms with Gasteiger partial charge in [-0.3, -0.25) is 4.99 Å². The average Bonchev–Trinajstić information content (AvgIpc) is 2.74. The third-order valence-corrected chi connectivity index (χ3v) is 5.08. The van der Waals surface area contributed by atoms with Crippen LogP contribution in [0.2, 0.25) is 0 Å². The molecular formula is C21H28F3IN6. The van der Waals surface area contributed by atoms with Gasteiger partial charge in [0.1, 0.15) is 5.82 Å². The molecule has 1 aromatic heterocycles. The number of rotatable bonds is 5. The van der Waals surface area contributed by atoms with E-state index in [1.165, 1.54) is 12.1 Å². The summed E-state index contributed by atoms with van der Waals surface area (Å²) < 4.78 is 38.0. The standard InChI is InChI=1S/C21H27F3N6.HI/c1-25-20(27-14-16-5-7-18(8-6-16)21(22,23)24)28-15-17-4-3-9-26-19(17)30-12-10-29(2)11-13-30;/h3-9H,10-15H2,1-2H3,(H2,25,27,28);1H. The molecule has 0 amide bonds. The first-order valence-electron chi connectivity index (χ1n) is 9.85. The van der Waals surface area contributed by atoms with Crippen molar-refractivity contribution in [3.63, 3.8) is 0 Å². The molecule has 31 heavy (non-hydrogen) atoms. The molecule has 0 atom stereocenters. The van der Waals surface area contributed by atoms with Crippen LogP contribution in [0.1, 0.15) is 16.7 Å². The molecular weight excluding hydrogens is 520 g/mol. The number of aromatic nitrogens is 1. The van der Waals surface area contributed by atoms with Gasteiger partial charge in [-0.25, -0.2) is 4.98 Å². The summed E-state index contributed by atoms with van der Waals surface area (Å²) in [5.74, 6) is 1.54. The van der Waals surface area contributed by atoms with Crippen LogP contribution in [-0.4, -0.2) is 56.1 Å². The fourth-order valence-electron chi connectivity index (χ4n) is 3.27. The van der Waals surface area contributed by atoms with Gasteiger partial charge in [0, 0.05) is 58.1 Å². The summed E-state index contributed by atoms with van der Waals surface area (Å²) in [7, 11) is 3.78. The number of nitrogens with zero attached hydrogens (tertiary/aromatic N) is 4. The monoisotopic (exact) mass is 548 g/mol. The largest absolute Gasteiger partial charge is 0.416 e. The van der Waals surface area contributed by atoms with E-state index >= 15 is 0 Å². The molecule has 0 aliphatic carbocycles. The lowest BCUT2D eigenvalue weighted by atomic mass is 10.1. The highest BCUT2D eigenvalue weighted by Gasteiger charge is 2.29. The Bertz CT molecular complexity index is 849. The minimum Gasteiger partial charge on any atom is -0.354 e. The van der Waals surface area contributed by atoms with Gasteiger partial charge in [-0.1, -0.05) is 18.2 Å². The topological polar surface area (TPSA) is 55.8 Å². The van der Waals surface area contributed by atoms with E-state index in [1.54, 1.807) is 13.2 Å². The molecule has 1 saturated heterocycles. The number of aliphatic imine (C=N–C) groups is 1. The van der Waals surface area contributed by atoms with Crippen LogP contribution in [0.25, 0.3) is 0 Å². The summed E-state index contributed by atoms with van der Waals surface area (Å²) in [4.78, 5) is 13.4. The van der Waals surface area contributed by atoms with Gasteiger partial charge in [-0.2, -0.15) is 13.2 Å². The van der Waals surface area contributed by atoms with Gasteiger partial charge in [-0.15, -0.1) is 24.0 Å². The molecule has 3 rings (SSSR count). The molecule has 2 aromatic rings. The van der Waals surface area contributed by atoms with Crippen LogP contribution in [-0.2, 0) is 19.3 Å². The molecule has 2 N–H and O–H groups in total. The zero-order valence-electron chi connectivity index (χ0n) is 17.6. The fourth-order valence-corrected chi connectivity index (χ4v) is 3.27. The third-order valence-electron chi connectivity index (χ3n) is 5.08. The minimum absolute atomic E-state index is 0. The van der Waals surface area contributed by atoms with E-state index in [9.17, 15) is 13.2 Å². The predicted molar refractivity (Wildman–Crippen MR) is 128 cm³/mol. The van der Waals surface area contributed by atoms with Gasteiger partial charge in [-0.05, 0) is 30.8 Å². The van der Waals surface area contributed by atoms with Crippen LogP contribution in [0.3, 0.4) is 0 Å². The highest BCUT2D eigenvalue weighted by molar-refractivity contribution is 14.0. The van der Waals surface area contributed by atoms with Crippen molar-refractivity contribution in [1.29, 1.82) is 0 Å². The predicted octanol–water partition coefficient (Wildman–Crippen LogP) is 3.34. The molecule has 2 heterocycles. The van der Waals surface area contributed by atoms with Gasteiger partial charge in [0.15, 0.2) is 5.96 Å². The first-order chi connectivity index (χ1) is 14.4. The Morgan fingerprint density at radius 3 is 2.29 bits per heavy atom. The van der Waals surface area contributed by atoms with Crippen molar-refractivity contribution in [3.05, 3.63) is 59.3 Å². The second kappa shape index (κ2) is 11.5. The molecule has 0 spiro atoms. The number of hydrogen-bond donors (Lipinski definition) is 2. The number of alkyl halides is 3. The van der Waals surface area contributed by atoms with E-state index in [0.717, 1.165) is 55.3 Å². The summed E-state index contributed by atoms with van der Waals surface area (Å²) >= 11 is 0. The van der Waals surface area contributed by atoms with Crippen LogP contribution < -0.4 is 15.5 Å². The lowest BCUT2D eigenvalue weighted by Crippen LogP contribution is -2.45. The van der Waals surface area contributed by atoms with E-state index in [2.05, 4.69) is 37.5 Å². The zero-order valence-corrected chi connectivity index (χ0v) is 19.9. The Kier molecular flexibility index (Phi) is 9.35. The molecule has 10 heteroatoms. The SMILES string of the molecule is CN=C(NCc1ccc(C(F)(F)F)cc1)NCc1cccnc1N1CCN(C)CC1.I. The van der Waals surface area contributed by atoms with Crippen molar-refractivity contribution in [2.75, 3.05) is 45.2 Å². The Labute approximate surface area is 198 Å². The smallest absolute Gasteiger partial charge is 0.354 e. The van der Waals surface area contributed by atoms with Gasteiger partial charge in [0.2, 0.25) is 0 Å². The number of benzene rings is 1. The fraction of sp³-hybridized carbons (Fsp3) is 0.429. The number of pyridine rings is 1. The molecule has 1 aromatic carbocycles. The molecule has 1 aliphatic heterocycles. The second-order valence-electron chi connectivity index (χ2n) is 7.25. The maximum absolute atomic E-state index is 12.7. The van der Waals surface area contributed by atoms with Crippen molar-refractivity contribution >= 4 is 35.8 Å². The van der Waals surface area contributed by atoms with E-state index in [-0.39, 0.29) is 24.0 Å². The van der Waals surface area contributed by atoms with Gasteiger partial charge in [0.25, 0.3) is 0 Å². The van der Waals surface area contributed by atoms with Crippen molar-refractivity contribution in [1.82, 2.24) is 20.5 Å². The van der Waals surface area contributed by atoms with Crippen LogP contribution in [0.4, 0.5) is 19.0 Å². The van der Waals surface area contributed by atoms with Gasteiger partial charge in [0.05, 0.1) is 5.56 Å². The number of likely N-dealkylation sites (N-methyl/N-ethyl adjacent to an activating group) is 1. The van der Waals surface area contributed by atoms with Crippen LogP contribution in [0, 0.1) is 0 Å². The Hall–Kier alpha value is -2.08. The zero-order chi connectivity index (χ0) is 21.6. The number of guanidine groups is 1. The lowest BCUT2D eigenvalue weighted by Gasteiger charge is -2.34. The normalized spacial score (nSPS) is 15.4.